The predicted molar refractivity (Wildman–Crippen MR) is 95.9 cm³/mol. The van der Waals surface area contributed by atoms with Crippen molar-refractivity contribution in [2.45, 2.75) is 6.04 Å². The molecule has 2 N–H and O–H groups in total. The summed E-state index contributed by atoms with van der Waals surface area (Å²) in [5, 5.41) is 23.8. The van der Waals surface area contributed by atoms with E-state index in [1.54, 1.807) is 6.07 Å². The van der Waals surface area contributed by atoms with Gasteiger partial charge in [-0.3, -0.25) is 9.80 Å². The summed E-state index contributed by atoms with van der Waals surface area (Å²) in [4.78, 5) is 9.90. The molecule has 0 amide bonds. The van der Waals surface area contributed by atoms with Gasteiger partial charge >= 0.3 is 0 Å². The van der Waals surface area contributed by atoms with Crippen molar-refractivity contribution in [3.63, 3.8) is 0 Å². The number of aliphatic hydroxyl groups is 1. The maximum absolute atomic E-state index is 13.9. The Morgan fingerprint density at radius 1 is 1.23 bits per heavy atom. The number of aromatic hydroxyl groups is 1. The molecule has 0 spiro atoms. The Bertz CT molecular complexity index is 890. The zero-order chi connectivity index (χ0) is 18.1. The lowest BCUT2D eigenvalue weighted by atomic mass is 10.0. The Morgan fingerprint density at radius 2 is 2.04 bits per heavy atom. The number of β-amino-alcohol motifs (C(OH)–C–C–N with tert-alkyl or cyclic N) is 1. The molecule has 3 aromatic rings. The number of thiazole rings is 1. The zero-order valence-electron chi connectivity index (χ0n) is 14.1. The molecule has 7 nitrogen and oxygen atoms in total. The van der Waals surface area contributed by atoms with E-state index in [0.29, 0.717) is 16.4 Å². The fraction of sp³-hybridized carbons (Fsp3) is 0.412. The number of nitrogens with zero attached hydrogens (tertiary/aromatic N) is 5. The minimum absolute atomic E-state index is 0.0505. The van der Waals surface area contributed by atoms with Gasteiger partial charge in [0.05, 0.1) is 17.5 Å². The molecule has 3 heterocycles. The molecular weight excluding hydrogens is 357 g/mol. The van der Waals surface area contributed by atoms with Crippen LogP contribution in [0, 0.1) is 5.82 Å². The Labute approximate surface area is 153 Å². The second-order valence-corrected chi connectivity index (χ2v) is 7.31. The van der Waals surface area contributed by atoms with Gasteiger partial charge in [0, 0.05) is 32.7 Å². The SMILES string of the molecule is OCCN1CCN(C(c2cccc(F)c2)c2sc3ncnn3c2O)CC1. The van der Waals surface area contributed by atoms with Gasteiger partial charge in [0.2, 0.25) is 10.8 Å². The maximum Gasteiger partial charge on any atom is 0.230 e. The molecule has 0 saturated carbocycles. The minimum atomic E-state index is -0.301. The van der Waals surface area contributed by atoms with Crippen molar-refractivity contribution in [2.24, 2.45) is 0 Å². The van der Waals surface area contributed by atoms with Gasteiger partial charge in [-0.2, -0.15) is 9.61 Å². The van der Waals surface area contributed by atoms with E-state index in [1.165, 1.54) is 34.3 Å². The molecule has 26 heavy (non-hydrogen) atoms. The third-order valence-corrected chi connectivity index (χ3v) is 5.83. The molecule has 1 aliphatic heterocycles. The standard InChI is InChI=1S/C17H20FN5O2S/c18-13-3-1-2-12(10-13)14(22-6-4-21(5-7-22)8-9-24)15-16(25)23-17(26-15)19-11-20-23/h1-3,10-11,14,24-25H,4-9H2. The van der Waals surface area contributed by atoms with Gasteiger partial charge in [0.15, 0.2) is 0 Å². The van der Waals surface area contributed by atoms with E-state index >= 15 is 0 Å². The number of aliphatic hydroxyl groups excluding tert-OH is 1. The summed E-state index contributed by atoms with van der Waals surface area (Å²) in [7, 11) is 0. The van der Waals surface area contributed by atoms with Crippen molar-refractivity contribution in [3.8, 4) is 5.88 Å². The van der Waals surface area contributed by atoms with Crippen molar-refractivity contribution >= 4 is 16.3 Å². The Kier molecular flexibility index (Phi) is 4.86. The first-order valence-electron chi connectivity index (χ1n) is 8.51. The molecule has 1 unspecified atom stereocenters. The quantitative estimate of drug-likeness (QED) is 0.699. The van der Waals surface area contributed by atoms with Gasteiger partial charge in [0.25, 0.3) is 0 Å². The largest absolute Gasteiger partial charge is 0.492 e. The highest BCUT2D eigenvalue weighted by molar-refractivity contribution is 7.17. The first kappa shape index (κ1) is 17.3. The summed E-state index contributed by atoms with van der Waals surface area (Å²) in [6.45, 7) is 3.94. The first-order valence-corrected chi connectivity index (χ1v) is 9.33. The number of hydrogen-bond donors (Lipinski definition) is 2. The van der Waals surface area contributed by atoms with Crippen LogP contribution in [0.15, 0.2) is 30.6 Å². The maximum atomic E-state index is 13.9. The van der Waals surface area contributed by atoms with E-state index in [2.05, 4.69) is 19.9 Å². The molecule has 1 aromatic carbocycles. The van der Waals surface area contributed by atoms with Gasteiger partial charge in [-0.25, -0.2) is 9.37 Å². The fourth-order valence-electron chi connectivity index (χ4n) is 3.46. The number of rotatable bonds is 5. The molecule has 4 rings (SSSR count). The molecule has 0 aliphatic carbocycles. The van der Waals surface area contributed by atoms with Crippen LogP contribution >= 0.6 is 11.3 Å². The van der Waals surface area contributed by atoms with Crippen LogP contribution in [0.5, 0.6) is 5.88 Å². The summed E-state index contributed by atoms with van der Waals surface area (Å²) in [6.07, 6.45) is 1.40. The molecule has 2 aromatic heterocycles. The molecule has 138 valence electrons. The van der Waals surface area contributed by atoms with E-state index in [4.69, 9.17) is 5.11 Å². The number of hydrogen-bond acceptors (Lipinski definition) is 7. The third kappa shape index (κ3) is 3.18. The van der Waals surface area contributed by atoms with Crippen LogP contribution in [0.3, 0.4) is 0 Å². The van der Waals surface area contributed by atoms with Crippen LogP contribution < -0.4 is 0 Å². The van der Waals surface area contributed by atoms with Crippen LogP contribution in [0.25, 0.3) is 4.96 Å². The highest BCUT2D eigenvalue weighted by Crippen LogP contribution is 2.40. The summed E-state index contributed by atoms with van der Waals surface area (Å²) in [5.41, 5.74) is 0.792. The van der Waals surface area contributed by atoms with Crippen LogP contribution in [-0.4, -0.2) is 73.9 Å². The monoisotopic (exact) mass is 377 g/mol. The van der Waals surface area contributed by atoms with Crippen LogP contribution in [0.1, 0.15) is 16.5 Å². The number of fused-ring (bicyclic) bond motifs is 1. The fourth-order valence-corrected chi connectivity index (χ4v) is 4.55. The summed E-state index contributed by atoms with van der Waals surface area (Å²) in [5.74, 6) is -0.250. The van der Waals surface area contributed by atoms with Crippen LogP contribution in [-0.2, 0) is 0 Å². The number of aromatic nitrogens is 3. The normalized spacial score (nSPS) is 17.8. The lowest BCUT2D eigenvalue weighted by Crippen LogP contribution is -2.48. The smallest absolute Gasteiger partial charge is 0.230 e. The van der Waals surface area contributed by atoms with Gasteiger partial charge in [-0.15, -0.1) is 0 Å². The summed E-state index contributed by atoms with van der Waals surface area (Å²) in [6, 6.07) is 6.23. The molecular formula is C17H20FN5O2S. The van der Waals surface area contributed by atoms with Gasteiger partial charge < -0.3 is 10.2 Å². The van der Waals surface area contributed by atoms with Crippen molar-refractivity contribution in [1.29, 1.82) is 0 Å². The van der Waals surface area contributed by atoms with Gasteiger partial charge in [-0.05, 0) is 17.7 Å². The van der Waals surface area contributed by atoms with Gasteiger partial charge in [0.1, 0.15) is 12.1 Å². The van der Waals surface area contributed by atoms with E-state index in [-0.39, 0.29) is 24.3 Å². The van der Waals surface area contributed by atoms with Crippen molar-refractivity contribution in [2.75, 3.05) is 39.3 Å². The summed E-state index contributed by atoms with van der Waals surface area (Å²) < 4.78 is 15.3. The first-order chi connectivity index (χ1) is 12.7. The van der Waals surface area contributed by atoms with E-state index < -0.39 is 0 Å². The molecule has 1 saturated heterocycles. The number of benzene rings is 1. The minimum Gasteiger partial charge on any atom is -0.492 e. The molecule has 0 radical (unpaired) electrons. The molecule has 9 heteroatoms. The Morgan fingerprint density at radius 3 is 2.73 bits per heavy atom. The zero-order valence-corrected chi connectivity index (χ0v) is 14.9. The Balaban J connectivity index is 1.71. The van der Waals surface area contributed by atoms with E-state index in [1.807, 2.05) is 6.07 Å². The van der Waals surface area contributed by atoms with Gasteiger partial charge in [-0.1, -0.05) is 23.5 Å². The summed E-state index contributed by atoms with van der Waals surface area (Å²) >= 11 is 1.37. The molecule has 1 atom stereocenters. The number of piperazine rings is 1. The molecule has 1 fully saturated rings. The topological polar surface area (TPSA) is 77.1 Å². The highest BCUT2D eigenvalue weighted by atomic mass is 32.1. The second-order valence-electron chi connectivity index (χ2n) is 6.30. The van der Waals surface area contributed by atoms with Crippen molar-refractivity contribution in [3.05, 3.63) is 46.9 Å². The lowest BCUT2D eigenvalue weighted by Gasteiger charge is -2.39. The number of halogens is 1. The van der Waals surface area contributed by atoms with Crippen LogP contribution in [0.4, 0.5) is 4.39 Å². The molecule has 0 bridgehead atoms. The van der Waals surface area contributed by atoms with E-state index in [9.17, 15) is 9.50 Å². The average Bonchev–Trinajstić information content (AvgIpc) is 3.21. The van der Waals surface area contributed by atoms with E-state index in [0.717, 1.165) is 31.7 Å². The second kappa shape index (κ2) is 7.28. The molecule has 1 aliphatic rings. The van der Waals surface area contributed by atoms with Crippen molar-refractivity contribution in [1.82, 2.24) is 24.4 Å². The van der Waals surface area contributed by atoms with Crippen LogP contribution in [0.2, 0.25) is 0 Å². The van der Waals surface area contributed by atoms with Crippen molar-refractivity contribution < 1.29 is 14.6 Å². The average molecular weight is 377 g/mol. The third-order valence-electron chi connectivity index (χ3n) is 4.74. The lowest BCUT2D eigenvalue weighted by molar-refractivity contribution is 0.0944. The highest BCUT2D eigenvalue weighted by Gasteiger charge is 2.31. The predicted octanol–water partition coefficient (Wildman–Crippen LogP) is 1.33. The Hall–Kier alpha value is -2.07.